The van der Waals surface area contributed by atoms with Crippen molar-refractivity contribution in [2.75, 3.05) is 32.0 Å². The van der Waals surface area contributed by atoms with E-state index in [2.05, 4.69) is 20.7 Å². The maximum Gasteiger partial charge on any atom is 0.255 e. The van der Waals surface area contributed by atoms with Crippen molar-refractivity contribution in [2.24, 2.45) is 0 Å². The minimum Gasteiger partial charge on any atom is -0.497 e. The van der Waals surface area contributed by atoms with Crippen LogP contribution in [-0.2, 0) is 4.79 Å². The standard InChI is InChI=1S/C22H23N5O4/c1-13-19(21(28)26-16-10-9-14(29-2)11-18(16)31-4)20(27-22(25-13)23-12-24-27)15-7-5-6-8-17(15)30-3/h5-12,20H,1-4H3,(H,26,28)(H,23,24,25)/t20-/m0/s1. The fraction of sp³-hybridized carbons (Fsp3) is 0.227. The lowest BCUT2D eigenvalue weighted by atomic mass is 9.94. The summed E-state index contributed by atoms with van der Waals surface area (Å²) in [5, 5.41) is 10.5. The Morgan fingerprint density at radius 3 is 2.58 bits per heavy atom. The van der Waals surface area contributed by atoms with Crippen LogP contribution >= 0.6 is 0 Å². The minimum absolute atomic E-state index is 0.300. The van der Waals surface area contributed by atoms with Gasteiger partial charge in [0.05, 0.1) is 32.6 Å². The third-order valence-corrected chi connectivity index (χ3v) is 5.13. The maximum atomic E-state index is 13.5. The highest BCUT2D eigenvalue weighted by Crippen LogP contribution is 2.39. The zero-order valence-electron chi connectivity index (χ0n) is 17.7. The number of fused-ring (bicyclic) bond motifs is 1. The van der Waals surface area contributed by atoms with E-state index in [9.17, 15) is 4.79 Å². The lowest BCUT2D eigenvalue weighted by molar-refractivity contribution is -0.113. The smallest absolute Gasteiger partial charge is 0.255 e. The van der Waals surface area contributed by atoms with Crippen molar-refractivity contribution in [1.29, 1.82) is 0 Å². The number of aromatic nitrogens is 3. The number of ether oxygens (including phenoxy) is 3. The fourth-order valence-corrected chi connectivity index (χ4v) is 3.66. The lowest BCUT2D eigenvalue weighted by Crippen LogP contribution is -2.31. The number of hydrogen-bond acceptors (Lipinski definition) is 7. The van der Waals surface area contributed by atoms with Gasteiger partial charge in [0, 0.05) is 17.3 Å². The number of para-hydroxylation sites is 1. The number of anilines is 2. The highest BCUT2D eigenvalue weighted by molar-refractivity contribution is 6.06. The molecule has 1 aliphatic rings. The Hall–Kier alpha value is -4.01. The molecular formula is C22H23N5O4. The first kappa shape index (κ1) is 20.3. The Kier molecular flexibility index (Phi) is 5.48. The van der Waals surface area contributed by atoms with Crippen molar-refractivity contribution in [3.05, 3.63) is 65.6 Å². The van der Waals surface area contributed by atoms with E-state index < -0.39 is 6.04 Å². The Morgan fingerprint density at radius 2 is 1.84 bits per heavy atom. The molecule has 3 aromatic rings. The van der Waals surface area contributed by atoms with Gasteiger partial charge in [-0.05, 0) is 25.1 Å². The highest BCUT2D eigenvalue weighted by atomic mass is 16.5. The van der Waals surface area contributed by atoms with Crippen LogP contribution in [0, 0.1) is 0 Å². The van der Waals surface area contributed by atoms with Gasteiger partial charge in [-0.1, -0.05) is 18.2 Å². The molecule has 1 atom stereocenters. The molecule has 0 saturated carbocycles. The summed E-state index contributed by atoms with van der Waals surface area (Å²) in [5.41, 5.74) is 2.47. The van der Waals surface area contributed by atoms with E-state index >= 15 is 0 Å². The molecule has 4 rings (SSSR count). The van der Waals surface area contributed by atoms with Crippen molar-refractivity contribution in [3.63, 3.8) is 0 Å². The van der Waals surface area contributed by atoms with Gasteiger partial charge in [0.25, 0.3) is 5.91 Å². The molecule has 2 N–H and O–H groups in total. The van der Waals surface area contributed by atoms with E-state index in [0.717, 1.165) is 5.56 Å². The summed E-state index contributed by atoms with van der Waals surface area (Å²) in [6, 6.07) is 12.2. The Balaban J connectivity index is 1.77. The summed E-state index contributed by atoms with van der Waals surface area (Å²) < 4.78 is 17.9. The topological polar surface area (TPSA) is 99.5 Å². The van der Waals surface area contributed by atoms with Crippen LogP contribution in [0.25, 0.3) is 0 Å². The second-order valence-electron chi connectivity index (χ2n) is 6.86. The van der Waals surface area contributed by atoms with Gasteiger partial charge in [-0.3, -0.25) is 4.79 Å². The number of hydrogen-bond donors (Lipinski definition) is 2. The monoisotopic (exact) mass is 421 g/mol. The highest BCUT2D eigenvalue weighted by Gasteiger charge is 2.35. The van der Waals surface area contributed by atoms with Crippen LogP contribution < -0.4 is 24.8 Å². The van der Waals surface area contributed by atoms with Crippen molar-refractivity contribution in [1.82, 2.24) is 14.8 Å². The molecule has 2 aromatic carbocycles. The summed E-state index contributed by atoms with van der Waals surface area (Å²) in [6.07, 6.45) is 1.45. The molecule has 9 nitrogen and oxygen atoms in total. The molecule has 2 heterocycles. The molecular weight excluding hydrogens is 398 g/mol. The van der Waals surface area contributed by atoms with Crippen molar-refractivity contribution in [2.45, 2.75) is 13.0 Å². The third kappa shape index (κ3) is 3.65. The molecule has 0 aliphatic carbocycles. The van der Waals surface area contributed by atoms with E-state index in [-0.39, 0.29) is 5.91 Å². The minimum atomic E-state index is -0.529. The van der Waals surface area contributed by atoms with Crippen LogP contribution in [0.15, 0.2) is 60.1 Å². The fourth-order valence-electron chi connectivity index (χ4n) is 3.66. The van der Waals surface area contributed by atoms with Crippen LogP contribution in [0.4, 0.5) is 11.6 Å². The second kappa shape index (κ2) is 8.39. The summed E-state index contributed by atoms with van der Waals surface area (Å²) >= 11 is 0. The Bertz CT molecular complexity index is 1150. The first-order valence-corrected chi connectivity index (χ1v) is 9.61. The molecule has 1 aliphatic heterocycles. The van der Waals surface area contributed by atoms with E-state index in [1.807, 2.05) is 31.2 Å². The SMILES string of the molecule is COc1ccc(NC(=O)C2=C(C)Nc3ncnn3[C@H]2c2ccccc2OC)c(OC)c1. The van der Waals surface area contributed by atoms with Crippen molar-refractivity contribution >= 4 is 17.5 Å². The molecule has 160 valence electrons. The molecule has 1 amide bonds. The number of rotatable bonds is 6. The summed E-state index contributed by atoms with van der Waals surface area (Å²) in [7, 11) is 4.71. The molecule has 0 unspecified atom stereocenters. The number of nitrogens with zero attached hydrogens (tertiary/aromatic N) is 3. The zero-order chi connectivity index (χ0) is 22.0. The van der Waals surface area contributed by atoms with Gasteiger partial charge in [0.2, 0.25) is 5.95 Å². The van der Waals surface area contributed by atoms with Gasteiger partial charge in [-0.2, -0.15) is 10.1 Å². The van der Waals surface area contributed by atoms with Gasteiger partial charge in [-0.15, -0.1) is 0 Å². The average Bonchev–Trinajstić information content (AvgIpc) is 3.26. The molecule has 31 heavy (non-hydrogen) atoms. The van der Waals surface area contributed by atoms with E-state index in [1.165, 1.54) is 13.4 Å². The summed E-state index contributed by atoms with van der Waals surface area (Å²) in [5.74, 6) is 2.02. The van der Waals surface area contributed by atoms with Gasteiger partial charge in [0.15, 0.2) is 0 Å². The predicted octanol–water partition coefficient (Wildman–Crippen LogP) is 3.23. The average molecular weight is 421 g/mol. The number of allylic oxidation sites excluding steroid dienone is 1. The number of amides is 1. The van der Waals surface area contributed by atoms with Crippen molar-refractivity contribution in [3.8, 4) is 17.2 Å². The third-order valence-electron chi connectivity index (χ3n) is 5.13. The molecule has 0 fully saturated rings. The predicted molar refractivity (Wildman–Crippen MR) is 116 cm³/mol. The van der Waals surface area contributed by atoms with Gasteiger partial charge < -0.3 is 24.8 Å². The van der Waals surface area contributed by atoms with Crippen LogP contribution in [0.2, 0.25) is 0 Å². The van der Waals surface area contributed by atoms with Crippen LogP contribution in [0.3, 0.4) is 0 Å². The molecule has 0 bridgehead atoms. The lowest BCUT2D eigenvalue weighted by Gasteiger charge is -2.29. The van der Waals surface area contributed by atoms with Gasteiger partial charge in [-0.25, -0.2) is 4.68 Å². The number of carbonyl (C=O) groups is 1. The quantitative estimate of drug-likeness (QED) is 0.630. The summed E-state index contributed by atoms with van der Waals surface area (Å²) in [6.45, 7) is 1.83. The Labute approximate surface area is 179 Å². The normalized spacial score (nSPS) is 15.0. The first-order valence-electron chi connectivity index (χ1n) is 9.61. The van der Waals surface area contributed by atoms with E-state index in [4.69, 9.17) is 14.2 Å². The van der Waals surface area contributed by atoms with Gasteiger partial charge in [0.1, 0.15) is 29.6 Å². The number of carbonyl (C=O) groups excluding carboxylic acids is 1. The molecule has 0 radical (unpaired) electrons. The van der Waals surface area contributed by atoms with Crippen molar-refractivity contribution < 1.29 is 19.0 Å². The van der Waals surface area contributed by atoms with Crippen LogP contribution in [0.1, 0.15) is 18.5 Å². The van der Waals surface area contributed by atoms with E-state index in [1.54, 1.807) is 37.1 Å². The van der Waals surface area contributed by atoms with Crippen LogP contribution in [-0.4, -0.2) is 42.0 Å². The maximum absolute atomic E-state index is 13.5. The Morgan fingerprint density at radius 1 is 1.06 bits per heavy atom. The molecule has 0 saturated heterocycles. The number of nitrogens with one attached hydrogen (secondary N) is 2. The molecule has 9 heteroatoms. The van der Waals surface area contributed by atoms with Gasteiger partial charge >= 0.3 is 0 Å². The van der Waals surface area contributed by atoms with E-state index in [0.29, 0.717) is 40.2 Å². The number of methoxy groups -OCH3 is 3. The molecule has 0 spiro atoms. The first-order chi connectivity index (χ1) is 15.1. The number of benzene rings is 2. The van der Waals surface area contributed by atoms with Crippen LogP contribution in [0.5, 0.6) is 17.2 Å². The summed E-state index contributed by atoms with van der Waals surface area (Å²) in [4.78, 5) is 17.8. The zero-order valence-corrected chi connectivity index (χ0v) is 17.7. The largest absolute Gasteiger partial charge is 0.497 e. The molecule has 1 aromatic heterocycles. The second-order valence-corrected chi connectivity index (χ2v) is 6.86.